The summed E-state index contributed by atoms with van der Waals surface area (Å²) in [7, 11) is 0. The summed E-state index contributed by atoms with van der Waals surface area (Å²) < 4.78 is 0. The molecule has 1 aliphatic carbocycles. The van der Waals surface area contributed by atoms with Crippen LogP contribution in [0.2, 0.25) is 0 Å². The van der Waals surface area contributed by atoms with Crippen molar-refractivity contribution in [2.75, 3.05) is 9.80 Å². The molecule has 0 radical (unpaired) electrons. The molecule has 0 N–H and O–H groups in total. The van der Waals surface area contributed by atoms with Crippen LogP contribution in [0, 0.1) is 6.92 Å². The fraction of sp³-hybridized carbons (Fsp3) is 0.0294. The van der Waals surface area contributed by atoms with Gasteiger partial charge in [0.25, 0.3) is 0 Å². The maximum Gasteiger partial charge on any atom is 0.0540 e. The van der Waals surface area contributed by atoms with Crippen molar-refractivity contribution in [3.63, 3.8) is 0 Å². The topological polar surface area (TPSA) is 6.48 Å². The second kappa shape index (κ2) is 18.3. The van der Waals surface area contributed by atoms with E-state index < -0.39 is 0 Å². The predicted octanol–water partition coefficient (Wildman–Crippen LogP) is 19.2. The summed E-state index contributed by atoms with van der Waals surface area (Å²) in [6.45, 7) is 6.83. The highest BCUT2D eigenvalue weighted by Gasteiger charge is 2.24. The number of hydrogen-bond acceptors (Lipinski definition) is 2. The van der Waals surface area contributed by atoms with Crippen LogP contribution in [-0.2, 0) is 0 Å². The van der Waals surface area contributed by atoms with Gasteiger partial charge in [0.05, 0.1) is 11.4 Å². The van der Waals surface area contributed by atoms with Crippen molar-refractivity contribution < 1.29 is 0 Å². The van der Waals surface area contributed by atoms with Crippen molar-refractivity contribution in [2.24, 2.45) is 0 Å². The Kier molecular flexibility index (Phi) is 11.1. The Hall–Kier alpha value is -8.98. The van der Waals surface area contributed by atoms with E-state index in [0.717, 1.165) is 46.1 Å². The highest BCUT2D eigenvalue weighted by Crippen LogP contribution is 2.49. The number of anilines is 5. The lowest BCUT2D eigenvalue weighted by Gasteiger charge is -2.30. The summed E-state index contributed by atoms with van der Waals surface area (Å²) in [5.74, 6) is 0. The molecule has 11 aromatic carbocycles. The molecule has 0 bridgehead atoms. The van der Waals surface area contributed by atoms with Crippen molar-refractivity contribution in [3.8, 4) is 22.3 Å². The lowest BCUT2D eigenvalue weighted by molar-refractivity contribution is 1.19. The summed E-state index contributed by atoms with van der Waals surface area (Å²) in [6, 6.07) is 80.4. The minimum Gasteiger partial charge on any atom is -0.310 e. The minimum atomic E-state index is 0.853. The molecule has 11 aromatic rings. The van der Waals surface area contributed by atoms with Gasteiger partial charge in [-0.25, -0.2) is 0 Å². The van der Waals surface area contributed by atoms with Crippen LogP contribution < -0.4 is 9.80 Å². The number of fused-ring (bicyclic) bond motifs is 5. The number of allylic oxidation sites excluding steroid dienone is 7. The zero-order valence-corrected chi connectivity index (χ0v) is 39.1. The zero-order chi connectivity index (χ0) is 47.0. The molecule has 0 aliphatic heterocycles. The van der Waals surface area contributed by atoms with Crippen molar-refractivity contribution in [3.05, 3.63) is 284 Å². The van der Waals surface area contributed by atoms with E-state index in [4.69, 9.17) is 0 Å². The lowest BCUT2D eigenvalue weighted by Crippen LogP contribution is -2.17. The molecule has 0 spiro atoms. The Labute approximate surface area is 410 Å². The minimum absolute atomic E-state index is 0.853. The monoisotopic (exact) mass is 894 g/mol. The van der Waals surface area contributed by atoms with Gasteiger partial charge in [-0.3, -0.25) is 0 Å². The lowest BCUT2D eigenvalue weighted by atomic mass is 9.85. The smallest absolute Gasteiger partial charge is 0.0540 e. The van der Waals surface area contributed by atoms with Gasteiger partial charge in [-0.05, 0) is 150 Å². The Morgan fingerprint density at radius 2 is 0.886 bits per heavy atom. The highest BCUT2D eigenvalue weighted by atomic mass is 15.2. The summed E-state index contributed by atoms with van der Waals surface area (Å²) >= 11 is 0. The van der Waals surface area contributed by atoms with Crippen LogP contribution in [0.3, 0.4) is 0 Å². The number of benzene rings is 11. The van der Waals surface area contributed by atoms with Crippen LogP contribution in [0.4, 0.5) is 28.4 Å². The molecule has 0 saturated heterocycles. The fourth-order valence-corrected chi connectivity index (χ4v) is 10.4. The fourth-order valence-electron chi connectivity index (χ4n) is 10.4. The van der Waals surface area contributed by atoms with E-state index in [1.165, 1.54) is 81.7 Å². The quantitative estimate of drug-likeness (QED) is 0.140. The van der Waals surface area contributed by atoms with Gasteiger partial charge in [0.15, 0.2) is 0 Å². The Morgan fingerprint density at radius 3 is 1.56 bits per heavy atom. The molecular formula is C68H50N2. The van der Waals surface area contributed by atoms with Crippen LogP contribution in [0.5, 0.6) is 0 Å². The molecule has 70 heavy (non-hydrogen) atoms. The van der Waals surface area contributed by atoms with Gasteiger partial charge in [-0.15, -0.1) is 0 Å². The normalized spacial score (nSPS) is 14.9. The second-order valence-corrected chi connectivity index (χ2v) is 18.2. The third-order valence-electron chi connectivity index (χ3n) is 13.8. The molecule has 1 aliphatic rings. The second-order valence-electron chi connectivity index (χ2n) is 18.2. The van der Waals surface area contributed by atoms with Gasteiger partial charge in [0, 0.05) is 28.1 Å². The molecule has 0 aromatic heterocycles. The van der Waals surface area contributed by atoms with Crippen LogP contribution in [0.1, 0.15) is 12.0 Å². The first-order valence-corrected chi connectivity index (χ1v) is 24.2. The summed E-state index contributed by atoms with van der Waals surface area (Å²) in [4.78, 5) is 4.83. The number of hydrogen-bond donors (Lipinski definition) is 0. The van der Waals surface area contributed by atoms with Crippen LogP contribution in [0.25, 0.3) is 76.1 Å². The molecule has 0 unspecified atom stereocenters. The number of nitrogens with zero attached hydrogens (tertiary/aromatic N) is 2. The van der Waals surface area contributed by atoms with Crippen LogP contribution in [-0.4, -0.2) is 0 Å². The van der Waals surface area contributed by atoms with Crippen LogP contribution >= 0.6 is 0 Å². The number of aryl methyl sites for hydroxylation is 1. The van der Waals surface area contributed by atoms with E-state index in [0.29, 0.717) is 0 Å². The first kappa shape index (κ1) is 42.4. The SMILES string of the molecule is C=C1/C=C\C=C/C/C=C\C=C/1N(c1ccc2ccccc2c1)c1ccc2c(-c3ccccc3)c3cc(N(c4ccc5ccccc5c4)c4cccc5ccccc45)ccc3c(-c3ccc(C)cc3)c2c1. The van der Waals surface area contributed by atoms with E-state index in [1.54, 1.807) is 0 Å². The van der Waals surface area contributed by atoms with Crippen molar-refractivity contribution in [2.45, 2.75) is 13.3 Å². The summed E-state index contributed by atoms with van der Waals surface area (Å²) in [6.07, 6.45) is 15.9. The van der Waals surface area contributed by atoms with E-state index in [-0.39, 0.29) is 0 Å². The average molecular weight is 895 g/mol. The van der Waals surface area contributed by atoms with Gasteiger partial charge in [0.1, 0.15) is 0 Å². The third-order valence-corrected chi connectivity index (χ3v) is 13.8. The maximum atomic E-state index is 4.66. The molecule has 0 fully saturated rings. The summed E-state index contributed by atoms with van der Waals surface area (Å²) in [5.41, 5.74) is 13.3. The van der Waals surface area contributed by atoms with Gasteiger partial charge >= 0.3 is 0 Å². The molecule has 2 nitrogen and oxygen atoms in total. The first-order valence-electron chi connectivity index (χ1n) is 24.2. The molecule has 0 atom stereocenters. The third kappa shape index (κ3) is 7.86. The average Bonchev–Trinajstić information content (AvgIpc) is 3.41. The van der Waals surface area contributed by atoms with E-state index in [1.807, 2.05) is 0 Å². The Balaban J connectivity index is 1.16. The van der Waals surface area contributed by atoms with Gasteiger partial charge in [0.2, 0.25) is 0 Å². The van der Waals surface area contributed by atoms with E-state index in [2.05, 4.69) is 284 Å². The van der Waals surface area contributed by atoms with E-state index >= 15 is 0 Å². The summed E-state index contributed by atoms with van der Waals surface area (Å²) in [5, 5.41) is 11.9. The molecule has 0 amide bonds. The number of rotatable bonds is 8. The molecule has 12 rings (SSSR count). The maximum absolute atomic E-state index is 4.66. The standard InChI is InChI=1S/C68H50N2/c1-47-31-33-53(34-32-47)68-62-42-40-59(70(57-38-36-50-21-13-15-26-55(50)44-57)66-30-18-27-51-22-16-17-28-60(51)66)46-63(62)67(52-23-9-7-10-24-52)61-41-39-58(45-64(61)68)69(56-37-35-49-20-12-14-25-54(49)43-56)65-29-11-6-4-3-5-8-19-48(65)2/h3,5-46H,2,4H2,1H3/b5-3-,11-6-,19-8-,65-29+. The van der Waals surface area contributed by atoms with Crippen LogP contribution in [0.15, 0.2) is 279 Å². The molecule has 0 heterocycles. The van der Waals surface area contributed by atoms with Gasteiger partial charge in [-0.2, -0.15) is 0 Å². The van der Waals surface area contributed by atoms with Crippen molar-refractivity contribution in [1.29, 1.82) is 0 Å². The largest absolute Gasteiger partial charge is 0.310 e. The predicted molar refractivity (Wildman–Crippen MR) is 302 cm³/mol. The first-order chi connectivity index (χ1) is 34.6. The highest BCUT2D eigenvalue weighted by molar-refractivity contribution is 6.23. The molecule has 2 heteroatoms. The molecule has 0 saturated carbocycles. The van der Waals surface area contributed by atoms with E-state index in [9.17, 15) is 0 Å². The Bertz CT molecular complexity index is 3940. The molecule has 332 valence electrons. The molecular weight excluding hydrogens is 845 g/mol. The van der Waals surface area contributed by atoms with Crippen molar-refractivity contribution >= 4 is 82.3 Å². The van der Waals surface area contributed by atoms with Crippen molar-refractivity contribution in [1.82, 2.24) is 0 Å². The Morgan fingerprint density at radius 1 is 0.371 bits per heavy atom. The zero-order valence-electron chi connectivity index (χ0n) is 39.1. The van der Waals surface area contributed by atoms with Gasteiger partial charge in [-0.1, -0.05) is 212 Å². The van der Waals surface area contributed by atoms with Gasteiger partial charge < -0.3 is 9.80 Å².